The molecular formula is C22H16Cl2N2O3S. The second-order valence-electron chi connectivity index (χ2n) is 6.58. The Balaban J connectivity index is 1.83. The number of carbonyl (C=O) groups excluding carboxylic acids is 2. The third-order valence-corrected chi connectivity index (χ3v) is 6.22. The van der Waals surface area contributed by atoms with E-state index in [2.05, 4.69) is 5.32 Å². The van der Waals surface area contributed by atoms with Crippen LogP contribution in [0.15, 0.2) is 59.6 Å². The first-order chi connectivity index (χ1) is 14.4. The highest BCUT2D eigenvalue weighted by Crippen LogP contribution is 2.38. The van der Waals surface area contributed by atoms with Crippen LogP contribution in [0.4, 0.5) is 11.4 Å². The van der Waals surface area contributed by atoms with Gasteiger partial charge in [-0.05, 0) is 54.3 Å². The molecule has 2 amide bonds. The first-order valence-electron chi connectivity index (χ1n) is 8.94. The van der Waals surface area contributed by atoms with Crippen LogP contribution in [0.2, 0.25) is 10.0 Å². The van der Waals surface area contributed by atoms with E-state index in [-0.39, 0.29) is 11.3 Å². The van der Waals surface area contributed by atoms with Gasteiger partial charge in [0.05, 0.1) is 24.1 Å². The number of methoxy groups -OCH3 is 1. The van der Waals surface area contributed by atoms with E-state index in [9.17, 15) is 9.59 Å². The van der Waals surface area contributed by atoms with Crippen LogP contribution in [0, 0.1) is 6.92 Å². The lowest BCUT2D eigenvalue weighted by Gasteiger charge is -2.17. The lowest BCUT2D eigenvalue weighted by atomic mass is 10.1. The highest BCUT2D eigenvalue weighted by atomic mass is 35.5. The maximum atomic E-state index is 13.4. The van der Waals surface area contributed by atoms with Gasteiger partial charge in [0, 0.05) is 14.9 Å². The first kappa shape index (κ1) is 20.5. The van der Waals surface area contributed by atoms with E-state index < -0.39 is 11.8 Å². The van der Waals surface area contributed by atoms with Crippen molar-refractivity contribution in [1.29, 1.82) is 0 Å². The number of ether oxygens (including phenoxy) is 1. The smallest absolute Gasteiger partial charge is 0.282 e. The van der Waals surface area contributed by atoms with Gasteiger partial charge in [-0.1, -0.05) is 35.3 Å². The normalized spacial score (nSPS) is 13.9. The number of aryl methyl sites for hydroxylation is 1. The fourth-order valence-corrected chi connectivity index (χ4v) is 4.28. The van der Waals surface area contributed by atoms with Crippen LogP contribution in [0.5, 0.6) is 5.75 Å². The molecule has 1 aliphatic rings. The summed E-state index contributed by atoms with van der Waals surface area (Å²) in [6.45, 7) is 1.85. The van der Waals surface area contributed by atoms with Gasteiger partial charge in [0.25, 0.3) is 11.8 Å². The largest absolute Gasteiger partial charge is 0.495 e. The maximum absolute atomic E-state index is 13.4. The number of anilines is 2. The molecule has 1 N–H and O–H groups in total. The lowest BCUT2D eigenvalue weighted by Crippen LogP contribution is -2.32. The molecule has 0 bridgehead atoms. The number of imide groups is 1. The summed E-state index contributed by atoms with van der Waals surface area (Å²) in [4.78, 5) is 28.5. The molecule has 4 rings (SSSR count). The van der Waals surface area contributed by atoms with Gasteiger partial charge in [-0.25, -0.2) is 4.90 Å². The number of rotatable bonds is 5. The summed E-state index contributed by atoms with van der Waals surface area (Å²) < 4.78 is 5.37. The van der Waals surface area contributed by atoms with Gasteiger partial charge >= 0.3 is 0 Å². The molecular weight excluding hydrogens is 443 g/mol. The summed E-state index contributed by atoms with van der Waals surface area (Å²) in [7, 11) is 1.52. The molecule has 2 heterocycles. The lowest BCUT2D eigenvalue weighted by molar-refractivity contribution is -0.120. The Labute approximate surface area is 187 Å². The summed E-state index contributed by atoms with van der Waals surface area (Å²) in [6.07, 6.45) is 0. The van der Waals surface area contributed by atoms with Crippen LogP contribution in [0.1, 0.15) is 10.4 Å². The van der Waals surface area contributed by atoms with Crippen molar-refractivity contribution in [2.75, 3.05) is 17.3 Å². The number of carbonyl (C=O) groups is 2. The highest BCUT2D eigenvalue weighted by Gasteiger charge is 2.41. The SMILES string of the molecule is COc1ccc(Cl)cc1NC1=C(c2cccs2)C(=O)N(c2ccc(C)c(Cl)c2)C1=O. The fourth-order valence-electron chi connectivity index (χ4n) is 3.16. The Morgan fingerprint density at radius 1 is 1.03 bits per heavy atom. The minimum absolute atomic E-state index is 0.153. The Bertz CT molecular complexity index is 1190. The third kappa shape index (κ3) is 3.58. The zero-order chi connectivity index (χ0) is 21.4. The predicted octanol–water partition coefficient (Wildman–Crippen LogP) is 5.77. The third-order valence-electron chi connectivity index (χ3n) is 4.69. The molecule has 0 unspecified atom stereocenters. The summed E-state index contributed by atoms with van der Waals surface area (Å²) in [5, 5.41) is 5.87. The van der Waals surface area contributed by atoms with Crippen molar-refractivity contribution < 1.29 is 14.3 Å². The average Bonchev–Trinajstić information content (AvgIpc) is 3.32. The average molecular weight is 459 g/mol. The van der Waals surface area contributed by atoms with Crippen molar-refractivity contribution in [2.45, 2.75) is 6.92 Å². The van der Waals surface area contributed by atoms with E-state index in [1.807, 2.05) is 18.4 Å². The molecule has 152 valence electrons. The van der Waals surface area contributed by atoms with Crippen molar-refractivity contribution in [3.63, 3.8) is 0 Å². The number of halogens is 2. The van der Waals surface area contributed by atoms with E-state index in [4.69, 9.17) is 27.9 Å². The second kappa shape index (κ2) is 8.14. The van der Waals surface area contributed by atoms with Crippen LogP contribution in [-0.4, -0.2) is 18.9 Å². The number of nitrogens with zero attached hydrogens (tertiary/aromatic N) is 1. The molecule has 5 nitrogen and oxygen atoms in total. The summed E-state index contributed by atoms with van der Waals surface area (Å²) in [5.74, 6) is -0.411. The van der Waals surface area contributed by atoms with Gasteiger partial charge in [0.1, 0.15) is 11.4 Å². The number of hydrogen-bond donors (Lipinski definition) is 1. The Kier molecular flexibility index (Phi) is 5.56. The highest BCUT2D eigenvalue weighted by molar-refractivity contribution is 7.11. The Morgan fingerprint density at radius 2 is 1.83 bits per heavy atom. The van der Waals surface area contributed by atoms with Crippen LogP contribution in [0.3, 0.4) is 0 Å². The fraction of sp³-hybridized carbons (Fsp3) is 0.0909. The molecule has 0 saturated heterocycles. The Morgan fingerprint density at radius 3 is 2.50 bits per heavy atom. The first-order valence-corrected chi connectivity index (χ1v) is 10.6. The van der Waals surface area contributed by atoms with Crippen molar-refractivity contribution in [3.05, 3.63) is 80.1 Å². The summed E-state index contributed by atoms with van der Waals surface area (Å²) >= 11 is 13.7. The van der Waals surface area contributed by atoms with E-state index in [1.165, 1.54) is 18.4 Å². The van der Waals surface area contributed by atoms with Crippen LogP contribution >= 0.6 is 34.5 Å². The van der Waals surface area contributed by atoms with Gasteiger partial charge in [0.15, 0.2) is 0 Å². The van der Waals surface area contributed by atoms with Crippen molar-refractivity contribution >= 4 is 63.3 Å². The topological polar surface area (TPSA) is 58.6 Å². The van der Waals surface area contributed by atoms with E-state index in [1.54, 1.807) is 42.5 Å². The van der Waals surface area contributed by atoms with Crippen molar-refractivity contribution in [1.82, 2.24) is 0 Å². The minimum Gasteiger partial charge on any atom is -0.495 e. The quantitative estimate of drug-likeness (QED) is 0.493. The summed E-state index contributed by atoms with van der Waals surface area (Å²) in [5.41, 5.74) is 2.19. The number of benzene rings is 2. The molecule has 0 atom stereocenters. The molecule has 3 aromatic rings. The number of amides is 2. The molecule has 0 fully saturated rings. The molecule has 2 aromatic carbocycles. The molecule has 8 heteroatoms. The molecule has 0 spiro atoms. The van der Waals surface area contributed by atoms with Crippen LogP contribution < -0.4 is 15.0 Å². The number of thiophene rings is 1. The van der Waals surface area contributed by atoms with Gasteiger partial charge in [-0.2, -0.15) is 0 Å². The molecule has 1 aromatic heterocycles. The molecule has 0 aliphatic carbocycles. The monoisotopic (exact) mass is 458 g/mol. The number of hydrogen-bond acceptors (Lipinski definition) is 5. The van der Waals surface area contributed by atoms with E-state index in [0.29, 0.717) is 32.0 Å². The van der Waals surface area contributed by atoms with Gasteiger partial charge in [-0.3, -0.25) is 9.59 Å². The summed E-state index contributed by atoms with van der Waals surface area (Å²) in [6, 6.07) is 13.7. The molecule has 0 saturated carbocycles. The number of nitrogens with one attached hydrogen (secondary N) is 1. The zero-order valence-corrected chi connectivity index (χ0v) is 18.4. The standard InChI is InChI=1S/C22H16Cl2N2O3S/c1-12-5-7-14(11-15(12)24)26-21(27)19(18-4-3-9-30-18)20(22(26)28)25-16-10-13(23)6-8-17(16)29-2/h3-11,25H,1-2H3. The molecule has 0 radical (unpaired) electrons. The molecule has 30 heavy (non-hydrogen) atoms. The van der Waals surface area contributed by atoms with Crippen molar-refractivity contribution in [2.24, 2.45) is 0 Å². The Hall–Kier alpha value is -2.80. The van der Waals surface area contributed by atoms with Crippen LogP contribution in [-0.2, 0) is 9.59 Å². The van der Waals surface area contributed by atoms with Gasteiger partial charge in [0.2, 0.25) is 0 Å². The van der Waals surface area contributed by atoms with Crippen molar-refractivity contribution in [3.8, 4) is 5.75 Å². The maximum Gasteiger partial charge on any atom is 0.282 e. The van der Waals surface area contributed by atoms with E-state index in [0.717, 1.165) is 10.5 Å². The van der Waals surface area contributed by atoms with Gasteiger partial charge in [-0.15, -0.1) is 11.3 Å². The van der Waals surface area contributed by atoms with Crippen LogP contribution in [0.25, 0.3) is 5.57 Å². The van der Waals surface area contributed by atoms with Gasteiger partial charge < -0.3 is 10.1 Å². The van der Waals surface area contributed by atoms with E-state index >= 15 is 0 Å². The second-order valence-corrected chi connectivity index (χ2v) is 8.37. The zero-order valence-electron chi connectivity index (χ0n) is 16.0. The molecule has 1 aliphatic heterocycles. The predicted molar refractivity (Wildman–Crippen MR) is 122 cm³/mol. The minimum atomic E-state index is -0.481.